The monoisotopic (exact) mass is 307 g/mol. The lowest BCUT2D eigenvalue weighted by Gasteiger charge is -2.40. The van der Waals surface area contributed by atoms with Gasteiger partial charge in [-0.15, -0.1) is 0 Å². The molecule has 0 N–H and O–H groups in total. The summed E-state index contributed by atoms with van der Waals surface area (Å²) in [4.78, 5) is 20.7. The first-order chi connectivity index (χ1) is 11.3. The number of likely N-dealkylation sites (tertiary alicyclic amines) is 1. The third kappa shape index (κ3) is 2.99. The predicted molar refractivity (Wildman–Crippen MR) is 90.3 cm³/mol. The number of carbonyl (C=O) groups is 1. The van der Waals surface area contributed by atoms with Gasteiger partial charge in [0.25, 0.3) is 0 Å². The fourth-order valence-corrected chi connectivity index (χ4v) is 3.69. The van der Waals surface area contributed by atoms with Crippen LogP contribution in [0.1, 0.15) is 17.9 Å². The molecular formula is C19H21N3O. The smallest absolute Gasteiger partial charge is 0.227 e. The molecule has 1 atom stereocenters. The van der Waals surface area contributed by atoms with Crippen molar-refractivity contribution in [3.63, 3.8) is 0 Å². The fraction of sp³-hybridized carbons (Fsp3) is 0.368. The Morgan fingerprint density at radius 3 is 2.48 bits per heavy atom. The summed E-state index contributed by atoms with van der Waals surface area (Å²) in [5.74, 6) is 1.33. The summed E-state index contributed by atoms with van der Waals surface area (Å²) in [6, 6.07) is 14.2. The Morgan fingerprint density at radius 2 is 1.74 bits per heavy atom. The minimum atomic E-state index is 0.257. The number of aromatic nitrogens is 1. The molecule has 2 aliphatic heterocycles. The van der Waals surface area contributed by atoms with Crippen molar-refractivity contribution < 1.29 is 4.79 Å². The molecule has 4 heteroatoms. The first kappa shape index (κ1) is 14.4. The number of pyridine rings is 1. The molecule has 4 rings (SSSR count). The van der Waals surface area contributed by atoms with Crippen molar-refractivity contribution in [2.24, 2.45) is 5.92 Å². The normalized spacial score (nSPS) is 22.3. The fourth-order valence-electron chi connectivity index (χ4n) is 3.69. The van der Waals surface area contributed by atoms with Gasteiger partial charge in [-0.1, -0.05) is 18.2 Å². The molecule has 2 saturated heterocycles. The number of para-hydroxylation sites is 1. The van der Waals surface area contributed by atoms with Crippen LogP contribution in [0.5, 0.6) is 0 Å². The number of amides is 1. The Labute approximate surface area is 136 Å². The lowest BCUT2D eigenvalue weighted by Crippen LogP contribution is -2.47. The van der Waals surface area contributed by atoms with Gasteiger partial charge in [0.2, 0.25) is 5.91 Å². The van der Waals surface area contributed by atoms with Gasteiger partial charge in [-0.3, -0.25) is 9.78 Å². The van der Waals surface area contributed by atoms with Crippen molar-refractivity contribution in [3.8, 4) is 0 Å². The standard InChI is InChI=1S/C19H21N3O/c23-19-10-15(12-22(19)18-4-2-1-3-5-18)11-21-13-17(14-21)16-6-8-20-9-7-16/h1-9,15,17H,10-14H2. The summed E-state index contributed by atoms with van der Waals surface area (Å²) < 4.78 is 0. The zero-order chi connectivity index (χ0) is 15.6. The molecule has 3 heterocycles. The molecule has 2 aromatic rings. The molecule has 0 radical (unpaired) electrons. The molecule has 23 heavy (non-hydrogen) atoms. The van der Waals surface area contributed by atoms with E-state index >= 15 is 0 Å². The summed E-state index contributed by atoms with van der Waals surface area (Å²) in [5, 5.41) is 0. The zero-order valence-electron chi connectivity index (χ0n) is 13.1. The summed E-state index contributed by atoms with van der Waals surface area (Å²) in [5.41, 5.74) is 2.41. The van der Waals surface area contributed by atoms with E-state index in [1.807, 2.05) is 47.6 Å². The number of hydrogen-bond donors (Lipinski definition) is 0. The molecule has 4 nitrogen and oxygen atoms in total. The second-order valence-electron chi connectivity index (χ2n) is 6.61. The molecule has 1 unspecified atom stereocenters. The van der Waals surface area contributed by atoms with E-state index in [2.05, 4.69) is 22.0 Å². The largest absolute Gasteiger partial charge is 0.312 e. The van der Waals surface area contributed by atoms with Crippen molar-refractivity contribution in [1.29, 1.82) is 0 Å². The van der Waals surface area contributed by atoms with Crippen LogP contribution in [0.3, 0.4) is 0 Å². The highest BCUT2D eigenvalue weighted by atomic mass is 16.2. The molecule has 1 aromatic carbocycles. The Hall–Kier alpha value is -2.20. The molecule has 2 fully saturated rings. The summed E-state index contributed by atoms with van der Waals surface area (Å²) >= 11 is 0. The molecule has 118 valence electrons. The van der Waals surface area contributed by atoms with Gasteiger partial charge in [0.05, 0.1) is 0 Å². The lowest BCUT2D eigenvalue weighted by molar-refractivity contribution is -0.117. The van der Waals surface area contributed by atoms with Crippen LogP contribution < -0.4 is 4.90 Å². The minimum absolute atomic E-state index is 0.257. The van der Waals surface area contributed by atoms with Crippen molar-refractivity contribution in [1.82, 2.24) is 9.88 Å². The van der Waals surface area contributed by atoms with Gasteiger partial charge in [-0.05, 0) is 35.7 Å². The molecule has 0 aliphatic carbocycles. The van der Waals surface area contributed by atoms with Gasteiger partial charge in [0, 0.05) is 56.6 Å². The quantitative estimate of drug-likeness (QED) is 0.871. The minimum Gasteiger partial charge on any atom is -0.312 e. The first-order valence-corrected chi connectivity index (χ1v) is 8.27. The molecule has 2 aliphatic rings. The lowest BCUT2D eigenvalue weighted by atomic mass is 9.91. The van der Waals surface area contributed by atoms with Crippen LogP contribution >= 0.6 is 0 Å². The predicted octanol–water partition coefficient (Wildman–Crippen LogP) is 2.53. The molecular weight excluding hydrogens is 286 g/mol. The highest BCUT2D eigenvalue weighted by molar-refractivity contribution is 5.95. The Kier molecular flexibility index (Phi) is 3.83. The van der Waals surface area contributed by atoms with Crippen LogP contribution in [-0.2, 0) is 4.79 Å². The van der Waals surface area contributed by atoms with Crippen LogP contribution in [0, 0.1) is 5.92 Å². The van der Waals surface area contributed by atoms with Gasteiger partial charge in [-0.2, -0.15) is 0 Å². The van der Waals surface area contributed by atoms with Crippen molar-refractivity contribution in [2.75, 3.05) is 31.1 Å². The van der Waals surface area contributed by atoms with Crippen LogP contribution in [0.25, 0.3) is 0 Å². The van der Waals surface area contributed by atoms with Gasteiger partial charge in [0.1, 0.15) is 0 Å². The molecule has 0 spiro atoms. The van der Waals surface area contributed by atoms with E-state index in [0.29, 0.717) is 18.3 Å². The van der Waals surface area contributed by atoms with Gasteiger partial charge < -0.3 is 9.80 Å². The van der Waals surface area contributed by atoms with Crippen molar-refractivity contribution in [2.45, 2.75) is 12.3 Å². The van der Waals surface area contributed by atoms with E-state index in [4.69, 9.17) is 0 Å². The number of anilines is 1. The number of rotatable bonds is 4. The van der Waals surface area contributed by atoms with E-state index < -0.39 is 0 Å². The number of carbonyl (C=O) groups excluding carboxylic acids is 1. The first-order valence-electron chi connectivity index (χ1n) is 8.27. The van der Waals surface area contributed by atoms with E-state index in [9.17, 15) is 4.79 Å². The third-order valence-corrected chi connectivity index (χ3v) is 4.92. The van der Waals surface area contributed by atoms with Crippen LogP contribution in [-0.4, -0.2) is 42.0 Å². The maximum absolute atomic E-state index is 12.3. The van der Waals surface area contributed by atoms with E-state index in [-0.39, 0.29) is 5.91 Å². The van der Waals surface area contributed by atoms with Gasteiger partial charge in [-0.25, -0.2) is 0 Å². The molecule has 1 aromatic heterocycles. The van der Waals surface area contributed by atoms with E-state index in [1.165, 1.54) is 5.56 Å². The van der Waals surface area contributed by atoms with E-state index in [1.54, 1.807) is 0 Å². The summed E-state index contributed by atoms with van der Waals surface area (Å²) in [6.45, 7) is 4.07. The number of benzene rings is 1. The van der Waals surface area contributed by atoms with Crippen LogP contribution in [0.4, 0.5) is 5.69 Å². The Bertz CT molecular complexity index is 668. The van der Waals surface area contributed by atoms with Crippen LogP contribution in [0.2, 0.25) is 0 Å². The van der Waals surface area contributed by atoms with Gasteiger partial charge in [0.15, 0.2) is 0 Å². The molecule has 0 bridgehead atoms. The van der Waals surface area contributed by atoms with Gasteiger partial charge >= 0.3 is 0 Å². The summed E-state index contributed by atoms with van der Waals surface area (Å²) in [6.07, 6.45) is 4.40. The second kappa shape index (κ2) is 6.13. The number of hydrogen-bond acceptors (Lipinski definition) is 3. The van der Waals surface area contributed by atoms with Crippen LogP contribution in [0.15, 0.2) is 54.9 Å². The molecule has 0 saturated carbocycles. The maximum atomic E-state index is 12.3. The van der Waals surface area contributed by atoms with Crippen molar-refractivity contribution in [3.05, 3.63) is 60.4 Å². The highest BCUT2D eigenvalue weighted by Crippen LogP contribution is 2.30. The molecule has 1 amide bonds. The second-order valence-corrected chi connectivity index (χ2v) is 6.61. The van der Waals surface area contributed by atoms with Crippen molar-refractivity contribution >= 4 is 11.6 Å². The maximum Gasteiger partial charge on any atom is 0.227 e. The number of nitrogens with zero attached hydrogens (tertiary/aromatic N) is 3. The summed E-state index contributed by atoms with van der Waals surface area (Å²) in [7, 11) is 0. The topological polar surface area (TPSA) is 36.4 Å². The zero-order valence-corrected chi connectivity index (χ0v) is 13.1. The SMILES string of the molecule is O=C1CC(CN2CC(c3ccncc3)C2)CN1c1ccccc1. The third-order valence-electron chi connectivity index (χ3n) is 4.92. The highest BCUT2D eigenvalue weighted by Gasteiger charge is 2.35. The Morgan fingerprint density at radius 1 is 1.00 bits per heavy atom. The van der Waals surface area contributed by atoms with E-state index in [0.717, 1.165) is 31.9 Å². The Balaban J connectivity index is 1.31. The average molecular weight is 307 g/mol. The average Bonchev–Trinajstić information content (AvgIpc) is 2.93.